The summed E-state index contributed by atoms with van der Waals surface area (Å²) in [5, 5.41) is 3.50. The number of rotatable bonds is 9. The van der Waals surface area contributed by atoms with E-state index in [0.29, 0.717) is 5.92 Å². The lowest BCUT2D eigenvalue weighted by Gasteiger charge is -2.17. The van der Waals surface area contributed by atoms with Crippen molar-refractivity contribution < 1.29 is 0 Å². The standard InChI is InChI=1S/C19H25NS/c1-2-20-16-18(17-10-5-3-6-11-17)12-9-15-21-19-13-7-4-8-14-19/h3-8,10-11,13-14,18,20H,2,9,12,15-16H2,1H3. The van der Waals surface area contributed by atoms with Gasteiger partial charge in [0.05, 0.1) is 0 Å². The molecule has 0 radical (unpaired) electrons. The second-order valence-corrected chi connectivity index (χ2v) is 6.39. The number of likely N-dealkylation sites (N-methyl/N-ethyl adjacent to an activating group) is 1. The maximum Gasteiger partial charge on any atom is 0.00719 e. The minimum Gasteiger partial charge on any atom is -0.316 e. The third-order valence-electron chi connectivity index (χ3n) is 3.62. The van der Waals surface area contributed by atoms with Crippen LogP contribution in [0, 0.1) is 0 Å². The molecule has 0 heterocycles. The van der Waals surface area contributed by atoms with Crippen molar-refractivity contribution in [1.29, 1.82) is 0 Å². The summed E-state index contributed by atoms with van der Waals surface area (Å²) >= 11 is 1.96. The second-order valence-electron chi connectivity index (χ2n) is 5.22. The van der Waals surface area contributed by atoms with E-state index in [1.807, 2.05) is 11.8 Å². The van der Waals surface area contributed by atoms with Crippen molar-refractivity contribution in [3.63, 3.8) is 0 Å². The summed E-state index contributed by atoms with van der Waals surface area (Å²) < 4.78 is 0. The van der Waals surface area contributed by atoms with Gasteiger partial charge < -0.3 is 5.32 Å². The van der Waals surface area contributed by atoms with Crippen LogP contribution in [0.25, 0.3) is 0 Å². The van der Waals surface area contributed by atoms with Crippen LogP contribution in [0.5, 0.6) is 0 Å². The maximum atomic E-state index is 3.50. The monoisotopic (exact) mass is 299 g/mol. The molecule has 2 aromatic carbocycles. The molecule has 0 aliphatic heterocycles. The van der Waals surface area contributed by atoms with Crippen molar-refractivity contribution in [3.8, 4) is 0 Å². The van der Waals surface area contributed by atoms with Gasteiger partial charge in [0.15, 0.2) is 0 Å². The summed E-state index contributed by atoms with van der Waals surface area (Å²) in [7, 11) is 0. The van der Waals surface area contributed by atoms with Gasteiger partial charge in [-0.3, -0.25) is 0 Å². The van der Waals surface area contributed by atoms with E-state index in [1.54, 1.807) is 0 Å². The Morgan fingerprint density at radius 2 is 1.62 bits per heavy atom. The lowest BCUT2D eigenvalue weighted by Crippen LogP contribution is -2.21. The molecule has 2 heteroatoms. The third-order valence-corrected chi connectivity index (χ3v) is 4.72. The van der Waals surface area contributed by atoms with E-state index in [1.165, 1.54) is 29.1 Å². The smallest absolute Gasteiger partial charge is 0.00719 e. The van der Waals surface area contributed by atoms with Crippen molar-refractivity contribution in [2.75, 3.05) is 18.8 Å². The molecule has 2 aromatic rings. The molecule has 21 heavy (non-hydrogen) atoms. The van der Waals surface area contributed by atoms with Crippen molar-refractivity contribution >= 4 is 11.8 Å². The average molecular weight is 299 g/mol. The highest BCUT2D eigenvalue weighted by atomic mass is 32.2. The van der Waals surface area contributed by atoms with Crippen molar-refractivity contribution in [2.24, 2.45) is 0 Å². The number of thioether (sulfide) groups is 1. The van der Waals surface area contributed by atoms with Gasteiger partial charge in [-0.25, -0.2) is 0 Å². The molecule has 0 aliphatic rings. The third kappa shape index (κ3) is 5.94. The number of nitrogens with one attached hydrogen (secondary N) is 1. The van der Waals surface area contributed by atoms with Crippen LogP contribution in [0.1, 0.15) is 31.2 Å². The van der Waals surface area contributed by atoms with Gasteiger partial charge in [-0.1, -0.05) is 55.5 Å². The lowest BCUT2D eigenvalue weighted by molar-refractivity contribution is 0.557. The molecule has 112 valence electrons. The summed E-state index contributed by atoms with van der Waals surface area (Å²) in [5.74, 6) is 1.82. The molecule has 0 saturated carbocycles. The van der Waals surface area contributed by atoms with Crippen LogP contribution in [-0.2, 0) is 0 Å². The van der Waals surface area contributed by atoms with Gasteiger partial charge in [0.2, 0.25) is 0 Å². The summed E-state index contributed by atoms with van der Waals surface area (Å²) in [4.78, 5) is 1.38. The highest BCUT2D eigenvalue weighted by Crippen LogP contribution is 2.24. The SMILES string of the molecule is CCNCC(CCCSc1ccccc1)c1ccccc1. The first kappa shape index (κ1) is 16.1. The molecule has 0 spiro atoms. The molecular formula is C19H25NS. The molecule has 0 fully saturated rings. The van der Waals surface area contributed by atoms with E-state index in [2.05, 4.69) is 72.9 Å². The molecule has 0 amide bonds. The number of benzene rings is 2. The van der Waals surface area contributed by atoms with Crippen LogP contribution in [-0.4, -0.2) is 18.8 Å². The largest absolute Gasteiger partial charge is 0.316 e. The van der Waals surface area contributed by atoms with Gasteiger partial charge in [0.25, 0.3) is 0 Å². The first-order chi connectivity index (χ1) is 10.4. The van der Waals surface area contributed by atoms with Crippen molar-refractivity contribution in [1.82, 2.24) is 5.32 Å². The highest BCUT2D eigenvalue weighted by molar-refractivity contribution is 7.99. The van der Waals surface area contributed by atoms with Crippen molar-refractivity contribution in [2.45, 2.75) is 30.6 Å². The fourth-order valence-corrected chi connectivity index (χ4v) is 3.36. The van der Waals surface area contributed by atoms with E-state index in [0.717, 1.165) is 13.1 Å². The average Bonchev–Trinajstić information content (AvgIpc) is 2.56. The Labute approximate surface area is 133 Å². The Balaban J connectivity index is 1.79. The molecule has 0 bridgehead atoms. The van der Waals surface area contributed by atoms with Gasteiger partial charge in [0, 0.05) is 11.4 Å². The molecule has 0 aliphatic carbocycles. The van der Waals surface area contributed by atoms with Crippen LogP contribution in [0.3, 0.4) is 0 Å². The zero-order valence-electron chi connectivity index (χ0n) is 12.8. The second kappa shape index (κ2) is 9.64. The normalized spacial score (nSPS) is 12.2. The fourth-order valence-electron chi connectivity index (χ4n) is 2.47. The van der Waals surface area contributed by atoms with E-state index >= 15 is 0 Å². The predicted octanol–water partition coefficient (Wildman–Crippen LogP) is 4.95. The van der Waals surface area contributed by atoms with Crippen LogP contribution in [0.15, 0.2) is 65.6 Å². The molecule has 0 aromatic heterocycles. The Hall–Kier alpha value is -1.25. The summed E-state index contributed by atoms with van der Waals surface area (Å²) in [5.41, 5.74) is 1.46. The van der Waals surface area contributed by atoms with E-state index < -0.39 is 0 Å². The Morgan fingerprint density at radius 3 is 2.29 bits per heavy atom. The summed E-state index contributed by atoms with van der Waals surface area (Å²) in [6.45, 7) is 4.30. The van der Waals surface area contributed by atoms with Gasteiger partial charge in [-0.2, -0.15) is 0 Å². The first-order valence-corrected chi connectivity index (χ1v) is 8.82. The molecule has 1 N–H and O–H groups in total. The quantitative estimate of drug-likeness (QED) is 0.519. The Morgan fingerprint density at radius 1 is 0.952 bits per heavy atom. The van der Waals surface area contributed by atoms with Crippen LogP contribution in [0.2, 0.25) is 0 Å². The van der Waals surface area contributed by atoms with Crippen LogP contribution >= 0.6 is 11.8 Å². The zero-order valence-corrected chi connectivity index (χ0v) is 13.6. The summed E-state index contributed by atoms with van der Waals surface area (Å²) in [6, 6.07) is 21.6. The molecule has 2 rings (SSSR count). The minimum atomic E-state index is 0.627. The van der Waals surface area contributed by atoms with E-state index in [9.17, 15) is 0 Å². The predicted molar refractivity (Wildman–Crippen MR) is 94.1 cm³/mol. The number of hydrogen-bond acceptors (Lipinski definition) is 2. The van der Waals surface area contributed by atoms with Gasteiger partial charge in [-0.15, -0.1) is 11.8 Å². The van der Waals surface area contributed by atoms with Gasteiger partial charge >= 0.3 is 0 Å². The molecule has 1 nitrogen and oxygen atoms in total. The molecule has 1 atom stereocenters. The fraction of sp³-hybridized carbons (Fsp3) is 0.368. The Kier molecular flexibility index (Phi) is 7.41. The lowest BCUT2D eigenvalue weighted by atomic mass is 9.94. The molecule has 1 unspecified atom stereocenters. The Bertz CT molecular complexity index is 483. The van der Waals surface area contributed by atoms with Crippen LogP contribution < -0.4 is 5.32 Å². The summed E-state index contributed by atoms with van der Waals surface area (Å²) in [6.07, 6.45) is 2.50. The zero-order chi connectivity index (χ0) is 14.8. The van der Waals surface area contributed by atoms with Gasteiger partial charge in [-0.05, 0) is 48.8 Å². The van der Waals surface area contributed by atoms with Gasteiger partial charge in [0.1, 0.15) is 0 Å². The van der Waals surface area contributed by atoms with E-state index in [4.69, 9.17) is 0 Å². The maximum absolute atomic E-state index is 3.50. The highest BCUT2D eigenvalue weighted by Gasteiger charge is 2.10. The number of hydrogen-bond donors (Lipinski definition) is 1. The molecular weight excluding hydrogens is 274 g/mol. The van der Waals surface area contributed by atoms with E-state index in [-0.39, 0.29) is 0 Å². The van der Waals surface area contributed by atoms with Crippen LogP contribution in [0.4, 0.5) is 0 Å². The molecule has 0 saturated heterocycles. The minimum absolute atomic E-state index is 0.627. The topological polar surface area (TPSA) is 12.0 Å². The first-order valence-electron chi connectivity index (χ1n) is 7.83. The van der Waals surface area contributed by atoms with Crippen molar-refractivity contribution in [3.05, 3.63) is 66.2 Å².